The van der Waals surface area contributed by atoms with Crippen molar-refractivity contribution in [2.24, 2.45) is 5.92 Å². The van der Waals surface area contributed by atoms with E-state index in [1.54, 1.807) is 0 Å². The van der Waals surface area contributed by atoms with Crippen LogP contribution in [0.3, 0.4) is 0 Å². The van der Waals surface area contributed by atoms with Gasteiger partial charge in [-0.2, -0.15) is 0 Å². The molecule has 16 heavy (non-hydrogen) atoms. The van der Waals surface area contributed by atoms with Crippen molar-refractivity contribution in [2.75, 3.05) is 19.6 Å². The average Bonchev–Trinajstić information content (AvgIpc) is 3.13. The van der Waals surface area contributed by atoms with Crippen molar-refractivity contribution in [1.82, 2.24) is 10.2 Å². The molecule has 0 aromatic heterocycles. The van der Waals surface area contributed by atoms with Crippen molar-refractivity contribution >= 4 is 5.91 Å². The van der Waals surface area contributed by atoms with Crippen molar-refractivity contribution in [1.29, 1.82) is 0 Å². The number of nitrogens with zero attached hydrogens (tertiary/aromatic N) is 1. The molecule has 0 aromatic rings. The Morgan fingerprint density at radius 2 is 1.94 bits per heavy atom. The monoisotopic (exact) mass is 224 g/mol. The van der Waals surface area contributed by atoms with Crippen molar-refractivity contribution in [2.45, 2.75) is 51.5 Å². The van der Waals surface area contributed by atoms with Crippen LogP contribution in [0, 0.1) is 5.92 Å². The molecule has 1 heterocycles. The van der Waals surface area contributed by atoms with Crippen LogP contribution in [0.15, 0.2) is 0 Å². The molecular weight excluding hydrogens is 200 g/mol. The van der Waals surface area contributed by atoms with Crippen LogP contribution in [0.5, 0.6) is 0 Å². The Morgan fingerprint density at radius 3 is 2.50 bits per heavy atom. The summed E-state index contributed by atoms with van der Waals surface area (Å²) < 4.78 is 0. The van der Waals surface area contributed by atoms with E-state index in [-0.39, 0.29) is 0 Å². The molecule has 92 valence electrons. The van der Waals surface area contributed by atoms with E-state index in [2.05, 4.69) is 5.32 Å². The second-order valence-corrected chi connectivity index (χ2v) is 5.19. The van der Waals surface area contributed by atoms with E-state index in [0.29, 0.717) is 18.4 Å². The van der Waals surface area contributed by atoms with Crippen LogP contribution >= 0.6 is 0 Å². The molecular formula is C13H24N2O. The topological polar surface area (TPSA) is 32.3 Å². The minimum atomic E-state index is 0.316. The fourth-order valence-electron chi connectivity index (χ4n) is 2.45. The lowest BCUT2D eigenvalue weighted by Crippen LogP contribution is -2.45. The summed E-state index contributed by atoms with van der Waals surface area (Å²) in [7, 11) is 0. The minimum Gasteiger partial charge on any atom is -0.343 e. The second kappa shape index (κ2) is 5.67. The van der Waals surface area contributed by atoms with Gasteiger partial charge in [-0.05, 0) is 31.7 Å². The van der Waals surface area contributed by atoms with E-state index < -0.39 is 0 Å². The number of hydrogen-bond donors (Lipinski definition) is 1. The van der Waals surface area contributed by atoms with E-state index >= 15 is 0 Å². The van der Waals surface area contributed by atoms with Crippen LogP contribution in [0.4, 0.5) is 0 Å². The molecule has 2 rings (SSSR count). The van der Waals surface area contributed by atoms with Gasteiger partial charge in [-0.15, -0.1) is 0 Å². The number of carbonyl (C=O) groups is 1. The largest absolute Gasteiger partial charge is 0.343 e. The molecule has 2 aliphatic rings. The van der Waals surface area contributed by atoms with E-state index in [9.17, 15) is 4.79 Å². The van der Waals surface area contributed by atoms with Crippen molar-refractivity contribution < 1.29 is 4.79 Å². The molecule has 0 atom stereocenters. The molecule has 3 heteroatoms. The highest BCUT2D eigenvalue weighted by Gasteiger charge is 2.23. The summed E-state index contributed by atoms with van der Waals surface area (Å²) in [4.78, 5) is 13.5. The van der Waals surface area contributed by atoms with Crippen LogP contribution in [0.25, 0.3) is 0 Å². The zero-order valence-corrected chi connectivity index (χ0v) is 10.4. The Morgan fingerprint density at radius 1 is 1.25 bits per heavy atom. The molecule has 1 aliphatic heterocycles. The predicted octanol–water partition coefficient (Wildman–Crippen LogP) is 1.78. The number of nitrogens with one attached hydrogen (secondary N) is 1. The van der Waals surface area contributed by atoms with Gasteiger partial charge in [0.15, 0.2) is 0 Å². The zero-order chi connectivity index (χ0) is 11.4. The van der Waals surface area contributed by atoms with Gasteiger partial charge in [-0.3, -0.25) is 4.79 Å². The summed E-state index contributed by atoms with van der Waals surface area (Å²) in [5.41, 5.74) is 0. The molecule has 0 radical (unpaired) electrons. The van der Waals surface area contributed by atoms with Crippen LogP contribution in [0.2, 0.25) is 0 Å². The first-order valence-electron chi connectivity index (χ1n) is 6.80. The standard InChI is InChI=1S/C13H24N2O/c1-2-13(16)15-9-6-12(7-10-15)14-8-5-11-3-4-11/h11-12,14H,2-10H2,1H3. The maximum Gasteiger partial charge on any atom is 0.222 e. The summed E-state index contributed by atoms with van der Waals surface area (Å²) in [6, 6.07) is 0.652. The molecule has 2 fully saturated rings. The number of likely N-dealkylation sites (tertiary alicyclic amines) is 1. The molecule has 0 bridgehead atoms. The number of carbonyl (C=O) groups excluding carboxylic acids is 1. The highest BCUT2D eigenvalue weighted by atomic mass is 16.2. The lowest BCUT2D eigenvalue weighted by molar-refractivity contribution is -0.131. The summed E-state index contributed by atoms with van der Waals surface area (Å²) in [5.74, 6) is 1.34. The normalized spacial score (nSPS) is 22.4. The fourth-order valence-corrected chi connectivity index (χ4v) is 2.45. The summed E-state index contributed by atoms with van der Waals surface area (Å²) in [6.07, 6.45) is 7.18. The van der Waals surface area contributed by atoms with Gasteiger partial charge in [0.1, 0.15) is 0 Å². The Kier molecular flexibility index (Phi) is 4.22. The summed E-state index contributed by atoms with van der Waals surface area (Å²) in [6.45, 7) is 5.03. The molecule has 0 aromatic carbocycles. The Balaban J connectivity index is 1.58. The number of piperidine rings is 1. The van der Waals surface area contributed by atoms with Gasteiger partial charge in [0.2, 0.25) is 5.91 Å². The van der Waals surface area contributed by atoms with Crippen LogP contribution < -0.4 is 5.32 Å². The molecule has 1 saturated heterocycles. The maximum atomic E-state index is 11.5. The summed E-state index contributed by atoms with van der Waals surface area (Å²) >= 11 is 0. The van der Waals surface area contributed by atoms with Crippen LogP contribution in [-0.2, 0) is 4.79 Å². The second-order valence-electron chi connectivity index (χ2n) is 5.19. The first-order chi connectivity index (χ1) is 7.79. The van der Waals surface area contributed by atoms with Gasteiger partial charge >= 0.3 is 0 Å². The number of amides is 1. The van der Waals surface area contributed by atoms with E-state index in [1.165, 1.54) is 25.8 Å². The molecule has 1 N–H and O–H groups in total. The fraction of sp³-hybridized carbons (Fsp3) is 0.923. The van der Waals surface area contributed by atoms with Crippen LogP contribution in [0.1, 0.15) is 45.4 Å². The van der Waals surface area contributed by atoms with Gasteiger partial charge in [0, 0.05) is 25.6 Å². The Labute approximate surface area is 98.6 Å². The van der Waals surface area contributed by atoms with E-state index in [4.69, 9.17) is 0 Å². The smallest absolute Gasteiger partial charge is 0.222 e. The molecule has 0 unspecified atom stereocenters. The number of rotatable bonds is 5. The lowest BCUT2D eigenvalue weighted by Gasteiger charge is -2.32. The van der Waals surface area contributed by atoms with Gasteiger partial charge in [0.05, 0.1) is 0 Å². The van der Waals surface area contributed by atoms with Gasteiger partial charge in [-0.1, -0.05) is 19.8 Å². The SMILES string of the molecule is CCC(=O)N1CCC(NCCC2CC2)CC1. The minimum absolute atomic E-state index is 0.316. The quantitative estimate of drug-likeness (QED) is 0.772. The van der Waals surface area contributed by atoms with E-state index in [1.807, 2.05) is 11.8 Å². The molecule has 1 aliphatic carbocycles. The van der Waals surface area contributed by atoms with Crippen molar-refractivity contribution in [3.8, 4) is 0 Å². The van der Waals surface area contributed by atoms with Crippen LogP contribution in [-0.4, -0.2) is 36.5 Å². The third kappa shape index (κ3) is 3.48. The predicted molar refractivity (Wildman–Crippen MR) is 65.2 cm³/mol. The highest BCUT2D eigenvalue weighted by Crippen LogP contribution is 2.31. The van der Waals surface area contributed by atoms with Gasteiger partial charge < -0.3 is 10.2 Å². The third-order valence-electron chi connectivity index (χ3n) is 3.83. The molecule has 0 spiro atoms. The Hall–Kier alpha value is -0.570. The average molecular weight is 224 g/mol. The van der Waals surface area contributed by atoms with Crippen molar-refractivity contribution in [3.05, 3.63) is 0 Å². The zero-order valence-electron chi connectivity index (χ0n) is 10.4. The number of hydrogen-bond acceptors (Lipinski definition) is 2. The van der Waals surface area contributed by atoms with Crippen molar-refractivity contribution in [3.63, 3.8) is 0 Å². The van der Waals surface area contributed by atoms with E-state index in [0.717, 1.165) is 31.8 Å². The molecule has 1 saturated carbocycles. The maximum absolute atomic E-state index is 11.5. The Bertz CT molecular complexity index is 230. The lowest BCUT2D eigenvalue weighted by atomic mass is 10.0. The first kappa shape index (κ1) is 11.9. The third-order valence-corrected chi connectivity index (χ3v) is 3.83. The highest BCUT2D eigenvalue weighted by molar-refractivity contribution is 5.75. The van der Waals surface area contributed by atoms with Gasteiger partial charge in [-0.25, -0.2) is 0 Å². The van der Waals surface area contributed by atoms with Gasteiger partial charge in [0.25, 0.3) is 0 Å². The molecule has 3 nitrogen and oxygen atoms in total. The summed E-state index contributed by atoms with van der Waals surface area (Å²) in [5, 5.41) is 3.63. The molecule has 1 amide bonds. The first-order valence-corrected chi connectivity index (χ1v) is 6.80.